The van der Waals surface area contributed by atoms with Crippen LogP contribution in [-0.4, -0.2) is 39.9 Å². The number of aliphatic hydroxyl groups excluding tert-OH is 1. The van der Waals surface area contributed by atoms with Gasteiger partial charge in [-0.25, -0.2) is 9.78 Å². The molecule has 1 N–H and O–H groups in total. The molecular weight excluding hydrogens is 456 g/mol. The molecule has 1 aromatic carbocycles. The van der Waals surface area contributed by atoms with Crippen molar-refractivity contribution in [1.29, 1.82) is 0 Å². The summed E-state index contributed by atoms with van der Waals surface area (Å²) >= 11 is 3.05. The zero-order valence-corrected chi connectivity index (χ0v) is 21.3. The minimum atomic E-state index is -0.451. The van der Waals surface area contributed by atoms with Crippen molar-refractivity contribution < 1.29 is 19.4 Å². The van der Waals surface area contributed by atoms with Gasteiger partial charge in [0.1, 0.15) is 0 Å². The number of unbranched alkanes of at least 4 members (excludes halogenated alkanes) is 2. The molecule has 0 saturated carbocycles. The molecule has 0 aliphatic carbocycles. The molecule has 1 aromatic heterocycles. The van der Waals surface area contributed by atoms with Gasteiger partial charge in [-0.2, -0.15) is 0 Å². The molecule has 1 aliphatic heterocycles. The quantitative estimate of drug-likeness (QED) is 0.223. The topological polar surface area (TPSA) is 79.7 Å². The van der Waals surface area contributed by atoms with E-state index < -0.39 is 6.10 Å². The Bertz CT molecular complexity index is 913. The van der Waals surface area contributed by atoms with Crippen LogP contribution in [0, 0.1) is 0 Å². The largest absolute Gasteiger partial charge is 0.458 e. The van der Waals surface area contributed by atoms with Crippen LogP contribution >= 0.6 is 23.1 Å². The predicted molar refractivity (Wildman–Crippen MR) is 134 cm³/mol. The van der Waals surface area contributed by atoms with Crippen LogP contribution in [0.15, 0.2) is 34.0 Å². The lowest BCUT2D eigenvalue weighted by Gasteiger charge is -2.25. The third-order valence-corrected chi connectivity index (χ3v) is 7.73. The summed E-state index contributed by atoms with van der Waals surface area (Å²) in [5.41, 5.74) is 2.15. The summed E-state index contributed by atoms with van der Waals surface area (Å²) in [6.45, 7) is 5.79. The number of carbonyl (C=O) groups excluding carboxylic acids is 2. The molecule has 2 unspecified atom stereocenters. The minimum Gasteiger partial charge on any atom is -0.458 e. The average Bonchev–Trinajstić information content (AvgIpc) is 3.40. The van der Waals surface area contributed by atoms with Crippen molar-refractivity contribution in [3.05, 3.63) is 40.9 Å². The molecule has 33 heavy (non-hydrogen) atoms. The van der Waals surface area contributed by atoms with E-state index in [2.05, 4.69) is 11.9 Å². The van der Waals surface area contributed by atoms with Crippen molar-refractivity contribution in [2.24, 2.45) is 0 Å². The van der Waals surface area contributed by atoms with Gasteiger partial charge in [0.2, 0.25) is 5.91 Å². The summed E-state index contributed by atoms with van der Waals surface area (Å²) in [5, 5.41) is 12.1. The molecule has 0 spiro atoms. The molecule has 6 nitrogen and oxygen atoms in total. The van der Waals surface area contributed by atoms with Crippen LogP contribution in [0.2, 0.25) is 0 Å². The molecule has 0 radical (unpaired) electrons. The summed E-state index contributed by atoms with van der Waals surface area (Å²) in [7, 11) is 0. The molecule has 1 saturated heterocycles. The van der Waals surface area contributed by atoms with Gasteiger partial charge in [0.15, 0.2) is 10.0 Å². The first kappa shape index (κ1) is 25.7. The van der Waals surface area contributed by atoms with Crippen LogP contribution in [0.5, 0.6) is 0 Å². The number of anilines is 1. The number of hydrogen-bond acceptors (Lipinski definition) is 7. The molecule has 3 rings (SSSR count). The molecule has 180 valence electrons. The lowest BCUT2D eigenvalue weighted by atomic mass is 10.0. The minimum absolute atomic E-state index is 0.147. The van der Waals surface area contributed by atoms with Crippen molar-refractivity contribution in [1.82, 2.24) is 4.98 Å². The highest BCUT2D eigenvalue weighted by atomic mass is 32.2. The Kier molecular flexibility index (Phi) is 9.77. The van der Waals surface area contributed by atoms with Crippen LogP contribution in [0.3, 0.4) is 0 Å². The highest BCUT2D eigenvalue weighted by Crippen LogP contribution is 2.32. The third-order valence-electron chi connectivity index (χ3n) is 5.67. The fourth-order valence-corrected chi connectivity index (χ4v) is 5.86. The second-order valence-corrected chi connectivity index (χ2v) is 10.8. The van der Waals surface area contributed by atoms with E-state index >= 15 is 0 Å². The Morgan fingerprint density at radius 3 is 2.76 bits per heavy atom. The first-order chi connectivity index (χ1) is 15.9. The molecule has 1 fully saturated rings. The van der Waals surface area contributed by atoms with Crippen LogP contribution in [0.4, 0.5) is 5.69 Å². The fourth-order valence-electron chi connectivity index (χ4n) is 3.96. The van der Waals surface area contributed by atoms with E-state index in [0.29, 0.717) is 12.1 Å². The second kappa shape index (κ2) is 12.5. The first-order valence-electron chi connectivity index (χ1n) is 11.8. The third kappa shape index (κ3) is 7.29. The van der Waals surface area contributed by atoms with Crippen molar-refractivity contribution in [3.63, 3.8) is 0 Å². The smallest absolute Gasteiger partial charge is 0.358 e. The number of thiazole rings is 1. The Labute approximate surface area is 204 Å². The molecule has 8 heteroatoms. The maximum atomic E-state index is 12.6. The molecule has 0 bridgehead atoms. The summed E-state index contributed by atoms with van der Waals surface area (Å²) in [6, 6.07) is 7.94. The van der Waals surface area contributed by atoms with Gasteiger partial charge in [0.05, 0.1) is 12.2 Å². The standard InChI is InChI=1S/C25H34N2O4S2/c1-4-5-6-7-22(28)18-8-10-19(11-9-18)27-20(12-13-23(27)29)14-15-32-25-26-21(16-33-25)24(30)31-17(2)3/h8-11,16-17,20,22,28H,4-7,12-15H2,1-3H3. The average molecular weight is 491 g/mol. The number of esters is 1. The van der Waals surface area contributed by atoms with Crippen molar-refractivity contribution in [2.45, 2.75) is 88.3 Å². The summed E-state index contributed by atoms with van der Waals surface area (Å²) in [6.07, 6.45) is 5.67. The van der Waals surface area contributed by atoms with Crippen LogP contribution in [-0.2, 0) is 9.53 Å². The highest BCUT2D eigenvalue weighted by molar-refractivity contribution is 8.01. The monoisotopic (exact) mass is 490 g/mol. The number of hydrogen-bond donors (Lipinski definition) is 1. The van der Waals surface area contributed by atoms with E-state index in [1.807, 2.05) is 43.0 Å². The van der Waals surface area contributed by atoms with E-state index in [4.69, 9.17) is 4.74 Å². The second-order valence-electron chi connectivity index (χ2n) is 8.65. The van der Waals surface area contributed by atoms with E-state index in [1.165, 1.54) is 11.3 Å². The number of thioether (sulfide) groups is 1. The maximum Gasteiger partial charge on any atom is 0.358 e. The normalized spacial score (nSPS) is 17.1. The summed E-state index contributed by atoms with van der Waals surface area (Å²) in [5.74, 6) is 0.572. The van der Waals surface area contributed by atoms with Gasteiger partial charge in [-0.05, 0) is 50.8 Å². The zero-order chi connectivity index (χ0) is 23.8. The SMILES string of the molecule is CCCCCC(O)c1ccc(N2C(=O)CCC2CCSc2nc(C(=O)OC(C)C)cs2)cc1. The Balaban J connectivity index is 1.54. The van der Waals surface area contributed by atoms with Crippen LogP contribution in [0.1, 0.15) is 87.9 Å². The van der Waals surface area contributed by atoms with E-state index in [-0.39, 0.29) is 24.0 Å². The van der Waals surface area contributed by atoms with E-state index in [1.54, 1.807) is 17.1 Å². The first-order valence-corrected chi connectivity index (χ1v) is 13.6. The van der Waals surface area contributed by atoms with Crippen molar-refractivity contribution >= 4 is 40.7 Å². The van der Waals surface area contributed by atoms with Gasteiger partial charge in [-0.15, -0.1) is 11.3 Å². The van der Waals surface area contributed by atoms with Crippen LogP contribution < -0.4 is 4.90 Å². The molecule has 1 aliphatic rings. The number of nitrogens with zero attached hydrogens (tertiary/aromatic N) is 2. The van der Waals surface area contributed by atoms with Gasteiger partial charge in [0, 0.05) is 29.3 Å². The number of rotatable bonds is 12. The molecule has 1 amide bonds. The number of aliphatic hydroxyl groups is 1. The van der Waals surface area contributed by atoms with Gasteiger partial charge in [-0.1, -0.05) is 50.1 Å². The number of carbonyl (C=O) groups is 2. The zero-order valence-electron chi connectivity index (χ0n) is 19.7. The van der Waals surface area contributed by atoms with Gasteiger partial charge < -0.3 is 14.7 Å². The highest BCUT2D eigenvalue weighted by Gasteiger charge is 2.32. The molecule has 2 aromatic rings. The molecule has 2 heterocycles. The van der Waals surface area contributed by atoms with Gasteiger partial charge in [0.25, 0.3) is 0 Å². The number of aromatic nitrogens is 1. The van der Waals surface area contributed by atoms with Gasteiger partial charge in [-0.3, -0.25) is 4.79 Å². The van der Waals surface area contributed by atoms with E-state index in [9.17, 15) is 14.7 Å². The Morgan fingerprint density at radius 1 is 1.30 bits per heavy atom. The fraction of sp³-hybridized carbons (Fsp3) is 0.560. The van der Waals surface area contributed by atoms with Crippen LogP contribution in [0.25, 0.3) is 0 Å². The molecular formula is C25H34N2O4S2. The summed E-state index contributed by atoms with van der Waals surface area (Å²) in [4.78, 5) is 30.8. The number of ether oxygens (including phenoxy) is 1. The van der Waals surface area contributed by atoms with Gasteiger partial charge >= 0.3 is 5.97 Å². The Hall–Kier alpha value is -1.90. The summed E-state index contributed by atoms with van der Waals surface area (Å²) < 4.78 is 6.03. The Morgan fingerprint density at radius 2 is 2.06 bits per heavy atom. The van der Waals surface area contributed by atoms with E-state index in [0.717, 1.165) is 59.9 Å². The lowest BCUT2D eigenvalue weighted by Crippen LogP contribution is -2.33. The van der Waals surface area contributed by atoms with Crippen molar-refractivity contribution in [3.8, 4) is 0 Å². The lowest BCUT2D eigenvalue weighted by molar-refractivity contribution is -0.117. The molecule has 2 atom stereocenters. The number of benzene rings is 1. The predicted octanol–water partition coefficient (Wildman–Crippen LogP) is 6.00. The maximum absolute atomic E-state index is 12.6. The number of amides is 1. The van der Waals surface area contributed by atoms with Crippen molar-refractivity contribution in [2.75, 3.05) is 10.7 Å².